The Balaban J connectivity index is 1.49. The quantitative estimate of drug-likeness (QED) is 0.260. The smallest absolute Gasteiger partial charge is 0.173 e. The number of nitrogens with zero attached hydrogens (tertiary/aromatic N) is 2. The molecule has 0 atom stereocenters. The van der Waals surface area contributed by atoms with E-state index in [2.05, 4.69) is 22.8 Å². The van der Waals surface area contributed by atoms with Gasteiger partial charge in [-0.25, -0.2) is 4.98 Å². The highest BCUT2D eigenvalue weighted by atomic mass is 32.2. The Morgan fingerprint density at radius 3 is 2.23 bits per heavy atom. The Labute approximate surface area is 180 Å². The summed E-state index contributed by atoms with van der Waals surface area (Å²) in [6, 6.07) is 23.9. The largest absolute Gasteiger partial charge is 0.497 e. The Morgan fingerprint density at radius 1 is 0.833 bits per heavy atom. The lowest BCUT2D eigenvalue weighted by Gasteiger charge is -2.11. The van der Waals surface area contributed by atoms with Gasteiger partial charge in [-0.2, -0.15) is 0 Å². The summed E-state index contributed by atoms with van der Waals surface area (Å²) >= 11 is 1.68. The van der Waals surface area contributed by atoms with Crippen molar-refractivity contribution >= 4 is 22.8 Å². The van der Waals surface area contributed by atoms with Gasteiger partial charge in [-0.1, -0.05) is 23.9 Å². The number of aromatic nitrogens is 2. The zero-order valence-electron chi connectivity index (χ0n) is 17.1. The summed E-state index contributed by atoms with van der Waals surface area (Å²) in [6.07, 6.45) is 0. The van der Waals surface area contributed by atoms with Gasteiger partial charge in [0.2, 0.25) is 0 Å². The standard InChI is InChI=1S/C24H24N2O3S/c1-3-28-20-10-8-18(9-11-20)26-23-7-5-4-6-22(23)25-24(26)30-17-16-29-21-14-12-19(27-2)13-15-21/h4-15H,3,16-17H2,1-2H3. The third kappa shape index (κ3) is 4.54. The van der Waals surface area contributed by atoms with Crippen molar-refractivity contribution in [3.8, 4) is 22.9 Å². The maximum Gasteiger partial charge on any atom is 0.173 e. The van der Waals surface area contributed by atoms with Gasteiger partial charge in [0.05, 0.1) is 31.4 Å². The highest BCUT2D eigenvalue weighted by Gasteiger charge is 2.13. The number of rotatable bonds is 9. The van der Waals surface area contributed by atoms with Crippen LogP contribution in [0, 0.1) is 0 Å². The van der Waals surface area contributed by atoms with Gasteiger partial charge < -0.3 is 14.2 Å². The van der Waals surface area contributed by atoms with Crippen LogP contribution in [-0.2, 0) is 0 Å². The summed E-state index contributed by atoms with van der Waals surface area (Å²) in [5, 5.41) is 0.943. The number of methoxy groups -OCH3 is 1. The molecule has 4 aromatic rings. The van der Waals surface area contributed by atoms with Crippen LogP contribution >= 0.6 is 11.8 Å². The summed E-state index contributed by atoms with van der Waals surface area (Å²) in [4.78, 5) is 4.84. The fraction of sp³-hybridized carbons (Fsp3) is 0.208. The maximum atomic E-state index is 5.86. The molecule has 3 aromatic carbocycles. The van der Waals surface area contributed by atoms with Crippen LogP contribution < -0.4 is 14.2 Å². The first-order valence-corrected chi connectivity index (χ1v) is 10.9. The first kappa shape index (κ1) is 20.2. The van der Waals surface area contributed by atoms with Crippen molar-refractivity contribution in [1.82, 2.24) is 9.55 Å². The molecule has 5 nitrogen and oxygen atoms in total. The van der Waals surface area contributed by atoms with E-state index in [0.717, 1.165) is 44.9 Å². The minimum atomic E-state index is 0.587. The van der Waals surface area contributed by atoms with Gasteiger partial charge in [-0.05, 0) is 67.6 Å². The molecule has 0 radical (unpaired) electrons. The minimum absolute atomic E-state index is 0.587. The van der Waals surface area contributed by atoms with Gasteiger partial charge in [-0.3, -0.25) is 4.57 Å². The number of benzene rings is 3. The minimum Gasteiger partial charge on any atom is -0.497 e. The molecule has 30 heavy (non-hydrogen) atoms. The molecule has 0 amide bonds. The summed E-state index contributed by atoms with van der Waals surface area (Å²) in [5.41, 5.74) is 3.12. The average Bonchev–Trinajstić information content (AvgIpc) is 3.16. The Hall–Kier alpha value is -3.12. The molecule has 0 aliphatic carbocycles. The number of ether oxygens (including phenoxy) is 3. The van der Waals surface area contributed by atoms with Crippen LogP contribution in [0.1, 0.15) is 6.92 Å². The van der Waals surface area contributed by atoms with Gasteiger partial charge in [0.1, 0.15) is 17.2 Å². The zero-order valence-corrected chi connectivity index (χ0v) is 17.9. The highest BCUT2D eigenvalue weighted by molar-refractivity contribution is 7.99. The molecule has 154 valence electrons. The third-order valence-corrected chi connectivity index (χ3v) is 5.48. The fourth-order valence-electron chi connectivity index (χ4n) is 3.17. The number of thioether (sulfide) groups is 1. The normalized spacial score (nSPS) is 10.9. The summed E-state index contributed by atoms with van der Waals surface area (Å²) in [5.74, 6) is 3.30. The monoisotopic (exact) mass is 420 g/mol. The van der Waals surface area contributed by atoms with Crippen LogP contribution in [0.4, 0.5) is 0 Å². The number of hydrogen-bond donors (Lipinski definition) is 0. The molecule has 0 aliphatic rings. The second-order valence-corrected chi connectivity index (χ2v) is 7.58. The molecule has 6 heteroatoms. The zero-order chi connectivity index (χ0) is 20.8. The summed E-state index contributed by atoms with van der Waals surface area (Å²) < 4.78 is 18.8. The summed E-state index contributed by atoms with van der Waals surface area (Å²) in [6.45, 7) is 3.23. The van der Waals surface area contributed by atoms with E-state index < -0.39 is 0 Å². The molecule has 0 spiro atoms. The lowest BCUT2D eigenvalue weighted by molar-refractivity contribution is 0.340. The Morgan fingerprint density at radius 2 is 1.50 bits per heavy atom. The lowest BCUT2D eigenvalue weighted by Crippen LogP contribution is -2.02. The Kier molecular flexibility index (Phi) is 6.44. The first-order chi connectivity index (χ1) is 14.8. The van der Waals surface area contributed by atoms with E-state index in [4.69, 9.17) is 19.2 Å². The van der Waals surface area contributed by atoms with Gasteiger partial charge >= 0.3 is 0 Å². The summed E-state index contributed by atoms with van der Waals surface area (Å²) in [7, 11) is 1.66. The molecular formula is C24H24N2O3S. The second-order valence-electron chi connectivity index (χ2n) is 6.52. The number of hydrogen-bond acceptors (Lipinski definition) is 5. The second kappa shape index (κ2) is 9.59. The van der Waals surface area contributed by atoms with Crippen LogP contribution in [0.3, 0.4) is 0 Å². The van der Waals surface area contributed by atoms with E-state index in [9.17, 15) is 0 Å². The van der Waals surface area contributed by atoms with Crippen LogP contribution in [0.25, 0.3) is 16.7 Å². The van der Waals surface area contributed by atoms with Crippen molar-refractivity contribution in [2.75, 3.05) is 26.1 Å². The van der Waals surface area contributed by atoms with Crippen LogP contribution in [-0.4, -0.2) is 35.6 Å². The molecule has 1 heterocycles. The van der Waals surface area contributed by atoms with Gasteiger partial charge in [0.15, 0.2) is 5.16 Å². The molecular weight excluding hydrogens is 396 g/mol. The third-order valence-electron chi connectivity index (χ3n) is 4.58. The van der Waals surface area contributed by atoms with Crippen molar-refractivity contribution in [2.45, 2.75) is 12.1 Å². The van der Waals surface area contributed by atoms with E-state index in [1.54, 1.807) is 18.9 Å². The van der Waals surface area contributed by atoms with Crippen molar-refractivity contribution in [3.05, 3.63) is 72.8 Å². The molecule has 0 aliphatic heterocycles. The van der Waals surface area contributed by atoms with Gasteiger partial charge in [0, 0.05) is 11.4 Å². The predicted molar refractivity (Wildman–Crippen MR) is 121 cm³/mol. The maximum absolute atomic E-state index is 5.86. The molecule has 0 fully saturated rings. The average molecular weight is 421 g/mol. The lowest BCUT2D eigenvalue weighted by atomic mass is 10.2. The van der Waals surface area contributed by atoms with Crippen LogP contribution in [0.15, 0.2) is 78.0 Å². The SMILES string of the molecule is CCOc1ccc(-n2c(SCCOc3ccc(OC)cc3)nc3ccccc32)cc1. The molecule has 4 rings (SSSR count). The van der Waals surface area contributed by atoms with Gasteiger partial charge in [0.25, 0.3) is 0 Å². The first-order valence-electron chi connectivity index (χ1n) is 9.89. The van der Waals surface area contributed by atoms with E-state index in [1.165, 1.54) is 0 Å². The number of fused-ring (bicyclic) bond motifs is 1. The molecule has 0 saturated heterocycles. The van der Waals surface area contributed by atoms with E-state index in [1.807, 2.05) is 61.5 Å². The van der Waals surface area contributed by atoms with Gasteiger partial charge in [-0.15, -0.1) is 0 Å². The van der Waals surface area contributed by atoms with E-state index in [-0.39, 0.29) is 0 Å². The van der Waals surface area contributed by atoms with Crippen molar-refractivity contribution in [2.24, 2.45) is 0 Å². The van der Waals surface area contributed by atoms with E-state index >= 15 is 0 Å². The van der Waals surface area contributed by atoms with Crippen molar-refractivity contribution < 1.29 is 14.2 Å². The number of para-hydroxylation sites is 2. The Bertz CT molecular complexity index is 1090. The fourth-order valence-corrected chi connectivity index (χ4v) is 4.02. The van der Waals surface area contributed by atoms with Crippen LogP contribution in [0.2, 0.25) is 0 Å². The van der Waals surface area contributed by atoms with Crippen molar-refractivity contribution in [3.63, 3.8) is 0 Å². The predicted octanol–water partition coefficient (Wildman–Crippen LogP) is 5.60. The van der Waals surface area contributed by atoms with E-state index in [0.29, 0.717) is 13.2 Å². The topological polar surface area (TPSA) is 45.5 Å². The highest BCUT2D eigenvalue weighted by Crippen LogP contribution is 2.29. The molecule has 0 bridgehead atoms. The molecule has 1 aromatic heterocycles. The molecule has 0 saturated carbocycles. The van der Waals surface area contributed by atoms with Crippen LogP contribution in [0.5, 0.6) is 17.2 Å². The van der Waals surface area contributed by atoms with Crippen molar-refractivity contribution in [1.29, 1.82) is 0 Å². The molecule has 0 N–H and O–H groups in total. The molecule has 0 unspecified atom stereocenters. The number of imidazole rings is 1.